The van der Waals surface area contributed by atoms with Crippen molar-refractivity contribution in [1.82, 2.24) is 5.32 Å². The summed E-state index contributed by atoms with van der Waals surface area (Å²) < 4.78 is 13.3. The number of hydrogen-bond donors (Lipinski definition) is 1. The van der Waals surface area contributed by atoms with Crippen LogP contribution in [0.1, 0.15) is 44.6 Å². The Balaban J connectivity index is 2.52. The Hall–Kier alpha value is -0.540. The highest BCUT2D eigenvalue weighted by atomic mass is 32.2. The van der Waals surface area contributed by atoms with Crippen molar-refractivity contribution in [1.29, 1.82) is 0 Å². The monoisotopic (exact) mass is 283 g/mol. The van der Waals surface area contributed by atoms with Crippen molar-refractivity contribution in [3.8, 4) is 0 Å². The van der Waals surface area contributed by atoms with Gasteiger partial charge >= 0.3 is 0 Å². The third-order valence-corrected chi connectivity index (χ3v) is 4.17. The summed E-state index contributed by atoms with van der Waals surface area (Å²) in [6, 6.07) is 7.07. The van der Waals surface area contributed by atoms with Crippen LogP contribution in [0.4, 0.5) is 4.39 Å². The van der Waals surface area contributed by atoms with Crippen molar-refractivity contribution in [2.45, 2.75) is 39.0 Å². The maximum Gasteiger partial charge on any atom is 0.123 e. The molecule has 0 heterocycles. The highest BCUT2D eigenvalue weighted by Gasteiger charge is 2.11. The Labute approximate surface area is 121 Å². The molecule has 0 spiro atoms. The third-order valence-electron chi connectivity index (χ3n) is 3.18. The molecule has 0 amide bonds. The van der Waals surface area contributed by atoms with Crippen LogP contribution in [0.3, 0.4) is 0 Å². The van der Waals surface area contributed by atoms with Gasteiger partial charge in [-0.2, -0.15) is 11.8 Å². The van der Waals surface area contributed by atoms with Crippen LogP contribution in [-0.2, 0) is 0 Å². The molecule has 0 aliphatic carbocycles. The summed E-state index contributed by atoms with van der Waals surface area (Å²) in [5.41, 5.74) is 1.13. The average Bonchev–Trinajstić information content (AvgIpc) is 2.41. The SMILES string of the molecule is CCCNCC(CCCSCC)c1cccc(F)c1. The molecule has 1 N–H and O–H groups in total. The molecular weight excluding hydrogens is 257 g/mol. The lowest BCUT2D eigenvalue weighted by atomic mass is 9.94. The standard InChI is InChI=1S/C16H26FNS/c1-3-10-18-13-15(8-6-11-19-4-2)14-7-5-9-16(17)12-14/h5,7,9,12,15,18H,3-4,6,8,10-11,13H2,1-2H3. The minimum absolute atomic E-state index is 0.124. The zero-order chi connectivity index (χ0) is 13.9. The van der Waals surface area contributed by atoms with Crippen molar-refractivity contribution in [3.05, 3.63) is 35.6 Å². The van der Waals surface area contributed by atoms with Gasteiger partial charge in [-0.25, -0.2) is 4.39 Å². The Bertz CT molecular complexity index is 343. The van der Waals surface area contributed by atoms with E-state index in [0.29, 0.717) is 5.92 Å². The van der Waals surface area contributed by atoms with Crippen molar-refractivity contribution in [3.63, 3.8) is 0 Å². The van der Waals surface area contributed by atoms with Gasteiger partial charge < -0.3 is 5.32 Å². The minimum atomic E-state index is -0.124. The van der Waals surface area contributed by atoms with Crippen molar-refractivity contribution in [2.75, 3.05) is 24.6 Å². The first-order chi connectivity index (χ1) is 9.27. The highest BCUT2D eigenvalue weighted by molar-refractivity contribution is 7.99. The van der Waals surface area contributed by atoms with Crippen LogP contribution in [0.15, 0.2) is 24.3 Å². The average molecular weight is 283 g/mol. The summed E-state index contributed by atoms with van der Waals surface area (Å²) >= 11 is 1.98. The lowest BCUT2D eigenvalue weighted by Crippen LogP contribution is -2.22. The molecule has 0 aromatic heterocycles. The third kappa shape index (κ3) is 6.98. The Kier molecular flexibility index (Phi) is 8.93. The first-order valence-corrected chi connectivity index (χ1v) is 8.47. The molecule has 0 saturated heterocycles. The molecule has 108 valence electrons. The van der Waals surface area contributed by atoms with Crippen LogP contribution in [0.5, 0.6) is 0 Å². The fourth-order valence-electron chi connectivity index (χ4n) is 2.18. The summed E-state index contributed by atoms with van der Waals surface area (Å²) in [6.45, 7) is 6.35. The van der Waals surface area contributed by atoms with Gasteiger partial charge in [0.25, 0.3) is 0 Å². The second kappa shape index (κ2) is 10.3. The normalized spacial score (nSPS) is 12.6. The van der Waals surface area contributed by atoms with Crippen LogP contribution in [-0.4, -0.2) is 24.6 Å². The van der Waals surface area contributed by atoms with E-state index in [9.17, 15) is 4.39 Å². The number of thioether (sulfide) groups is 1. The maximum atomic E-state index is 13.3. The fraction of sp³-hybridized carbons (Fsp3) is 0.625. The summed E-state index contributed by atoms with van der Waals surface area (Å²) in [6.07, 6.45) is 3.47. The van der Waals surface area contributed by atoms with Gasteiger partial charge in [0.2, 0.25) is 0 Å². The van der Waals surface area contributed by atoms with Gasteiger partial charge in [0.1, 0.15) is 5.82 Å². The molecule has 0 bridgehead atoms. The lowest BCUT2D eigenvalue weighted by Gasteiger charge is -2.18. The van der Waals surface area contributed by atoms with Crippen molar-refractivity contribution >= 4 is 11.8 Å². The smallest absolute Gasteiger partial charge is 0.123 e. The first kappa shape index (κ1) is 16.5. The number of halogens is 1. The van der Waals surface area contributed by atoms with Crippen molar-refractivity contribution < 1.29 is 4.39 Å². The summed E-state index contributed by atoms with van der Waals surface area (Å²) in [4.78, 5) is 0. The van der Waals surface area contributed by atoms with Crippen LogP contribution in [0, 0.1) is 5.82 Å². The fourth-order valence-corrected chi connectivity index (χ4v) is 2.84. The molecule has 3 heteroatoms. The van der Waals surface area contributed by atoms with Crippen LogP contribution in [0.2, 0.25) is 0 Å². The molecule has 1 unspecified atom stereocenters. The Morgan fingerprint density at radius 3 is 2.84 bits per heavy atom. The second-order valence-corrected chi connectivity index (χ2v) is 6.19. The van der Waals surface area contributed by atoms with E-state index in [4.69, 9.17) is 0 Å². The van der Waals surface area contributed by atoms with Gasteiger partial charge in [-0.3, -0.25) is 0 Å². The van der Waals surface area contributed by atoms with E-state index < -0.39 is 0 Å². The predicted octanol–water partition coefficient (Wildman–Crippen LogP) is 4.44. The number of benzene rings is 1. The number of rotatable bonds is 10. The first-order valence-electron chi connectivity index (χ1n) is 7.31. The zero-order valence-corrected chi connectivity index (χ0v) is 12.9. The Morgan fingerprint density at radius 2 is 2.16 bits per heavy atom. The molecule has 1 aromatic rings. The summed E-state index contributed by atoms with van der Waals surface area (Å²) in [5, 5.41) is 3.46. The van der Waals surface area contributed by atoms with E-state index in [1.165, 1.54) is 24.0 Å². The van der Waals surface area contributed by atoms with Gasteiger partial charge in [-0.15, -0.1) is 0 Å². The Morgan fingerprint density at radius 1 is 1.32 bits per heavy atom. The van der Waals surface area contributed by atoms with Gasteiger partial charge in [-0.05, 0) is 60.9 Å². The van der Waals surface area contributed by atoms with Crippen LogP contribution in [0.25, 0.3) is 0 Å². The highest BCUT2D eigenvalue weighted by Crippen LogP contribution is 2.22. The van der Waals surface area contributed by atoms with Gasteiger partial charge in [0, 0.05) is 6.54 Å². The maximum absolute atomic E-state index is 13.3. The van der Waals surface area contributed by atoms with E-state index in [1.807, 2.05) is 23.9 Å². The van der Waals surface area contributed by atoms with E-state index >= 15 is 0 Å². The molecule has 0 saturated carbocycles. The van der Waals surface area contributed by atoms with E-state index in [1.54, 1.807) is 6.07 Å². The molecule has 0 radical (unpaired) electrons. The number of nitrogens with one attached hydrogen (secondary N) is 1. The largest absolute Gasteiger partial charge is 0.316 e. The second-order valence-electron chi connectivity index (χ2n) is 4.80. The van der Waals surface area contributed by atoms with Gasteiger partial charge in [0.05, 0.1) is 0 Å². The summed E-state index contributed by atoms with van der Waals surface area (Å²) in [7, 11) is 0. The molecule has 0 fully saturated rings. The van der Waals surface area contributed by atoms with Gasteiger partial charge in [0.15, 0.2) is 0 Å². The quantitative estimate of drug-likeness (QED) is 0.637. The van der Waals surface area contributed by atoms with Crippen molar-refractivity contribution in [2.24, 2.45) is 0 Å². The van der Waals surface area contributed by atoms with E-state index in [2.05, 4.69) is 19.2 Å². The topological polar surface area (TPSA) is 12.0 Å². The molecule has 0 aliphatic rings. The van der Waals surface area contributed by atoms with E-state index in [-0.39, 0.29) is 5.82 Å². The lowest BCUT2D eigenvalue weighted by molar-refractivity contribution is 0.539. The van der Waals surface area contributed by atoms with Crippen LogP contribution >= 0.6 is 11.8 Å². The predicted molar refractivity (Wildman–Crippen MR) is 84.5 cm³/mol. The molecule has 1 rings (SSSR count). The van der Waals surface area contributed by atoms with E-state index in [0.717, 1.165) is 31.5 Å². The molecule has 1 aromatic carbocycles. The molecular formula is C16H26FNS. The molecule has 1 atom stereocenters. The van der Waals surface area contributed by atoms with Crippen LogP contribution < -0.4 is 5.32 Å². The zero-order valence-electron chi connectivity index (χ0n) is 12.1. The number of hydrogen-bond acceptors (Lipinski definition) is 2. The molecule has 0 aliphatic heterocycles. The molecule has 1 nitrogen and oxygen atoms in total. The molecule has 19 heavy (non-hydrogen) atoms. The van der Waals surface area contributed by atoms with Gasteiger partial charge in [-0.1, -0.05) is 26.0 Å². The summed E-state index contributed by atoms with van der Waals surface area (Å²) in [5.74, 6) is 2.69. The minimum Gasteiger partial charge on any atom is -0.316 e.